The van der Waals surface area contributed by atoms with Gasteiger partial charge in [-0.05, 0) is 30.3 Å². The molecule has 0 heterocycles. The fraction of sp³-hybridized carbons (Fsp3) is 0.235. The summed E-state index contributed by atoms with van der Waals surface area (Å²) >= 11 is 5.98. The number of para-hydroxylation sites is 1. The van der Waals surface area contributed by atoms with E-state index in [1.165, 1.54) is 12.1 Å². The van der Waals surface area contributed by atoms with Crippen LogP contribution in [0.15, 0.2) is 53.4 Å². The monoisotopic (exact) mass is 366 g/mol. The fourth-order valence-electron chi connectivity index (χ4n) is 1.81. The molecule has 0 saturated carbocycles. The van der Waals surface area contributed by atoms with Gasteiger partial charge in [0.05, 0.1) is 15.6 Å². The van der Waals surface area contributed by atoms with Crippen LogP contribution in [0.3, 0.4) is 0 Å². The lowest BCUT2D eigenvalue weighted by molar-refractivity contribution is -0.123. The van der Waals surface area contributed by atoms with Crippen LogP contribution in [0.4, 0.5) is 11.4 Å². The molecule has 5 nitrogen and oxygen atoms in total. The molecule has 0 aliphatic rings. The van der Waals surface area contributed by atoms with E-state index in [9.17, 15) is 13.2 Å². The molecule has 0 saturated heterocycles. The third-order valence-corrected chi connectivity index (χ3v) is 4.89. The molecule has 2 rings (SSSR count). The molecule has 0 aliphatic carbocycles. The van der Waals surface area contributed by atoms with Gasteiger partial charge in [-0.25, -0.2) is 8.42 Å². The Labute approximate surface area is 147 Å². The van der Waals surface area contributed by atoms with Gasteiger partial charge in [-0.1, -0.05) is 50.6 Å². The van der Waals surface area contributed by atoms with Crippen molar-refractivity contribution >= 4 is 38.9 Å². The quantitative estimate of drug-likeness (QED) is 0.854. The average Bonchev–Trinajstić information content (AvgIpc) is 2.49. The van der Waals surface area contributed by atoms with E-state index in [1.54, 1.807) is 57.2 Å². The number of amides is 1. The number of nitrogens with one attached hydrogen (secondary N) is 2. The number of hydrogen-bond acceptors (Lipinski definition) is 3. The van der Waals surface area contributed by atoms with Crippen molar-refractivity contribution in [2.75, 3.05) is 10.0 Å². The van der Waals surface area contributed by atoms with Crippen LogP contribution in [-0.2, 0) is 14.8 Å². The van der Waals surface area contributed by atoms with Crippen LogP contribution in [-0.4, -0.2) is 14.3 Å². The summed E-state index contributed by atoms with van der Waals surface area (Å²) in [6.45, 7) is 5.34. The number of anilines is 2. The van der Waals surface area contributed by atoms with Crippen LogP contribution in [0.5, 0.6) is 0 Å². The highest BCUT2D eigenvalue weighted by Crippen LogP contribution is 2.25. The third-order valence-electron chi connectivity index (χ3n) is 3.20. The topological polar surface area (TPSA) is 75.3 Å². The van der Waals surface area contributed by atoms with E-state index in [4.69, 9.17) is 11.6 Å². The van der Waals surface area contributed by atoms with Crippen molar-refractivity contribution in [3.8, 4) is 0 Å². The molecule has 0 aliphatic heterocycles. The molecule has 0 bridgehead atoms. The lowest BCUT2D eigenvalue weighted by atomic mass is 9.95. The Morgan fingerprint density at radius 1 is 1.04 bits per heavy atom. The van der Waals surface area contributed by atoms with Crippen molar-refractivity contribution < 1.29 is 13.2 Å². The summed E-state index contributed by atoms with van der Waals surface area (Å²) in [6.07, 6.45) is 0. The van der Waals surface area contributed by atoms with Crippen molar-refractivity contribution in [1.82, 2.24) is 0 Å². The molecular weight excluding hydrogens is 348 g/mol. The number of benzene rings is 2. The van der Waals surface area contributed by atoms with E-state index < -0.39 is 15.4 Å². The van der Waals surface area contributed by atoms with Crippen LogP contribution in [0.2, 0.25) is 5.02 Å². The Morgan fingerprint density at radius 3 is 2.33 bits per heavy atom. The number of carbonyl (C=O) groups is 1. The molecule has 0 fully saturated rings. The number of hydrogen-bond donors (Lipinski definition) is 2. The van der Waals surface area contributed by atoms with E-state index >= 15 is 0 Å². The molecule has 24 heavy (non-hydrogen) atoms. The first-order valence-corrected chi connectivity index (χ1v) is 9.14. The molecule has 0 spiro atoms. The van der Waals surface area contributed by atoms with Gasteiger partial charge in [0.25, 0.3) is 10.0 Å². The third kappa shape index (κ3) is 4.49. The van der Waals surface area contributed by atoms with E-state index in [0.29, 0.717) is 16.4 Å². The zero-order chi connectivity index (χ0) is 18.0. The predicted molar refractivity (Wildman–Crippen MR) is 96.8 cm³/mol. The summed E-state index contributed by atoms with van der Waals surface area (Å²) in [5, 5.41) is 3.02. The maximum absolute atomic E-state index is 12.5. The highest BCUT2D eigenvalue weighted by molar-refractivity contribution is 7.92. The molecule has 2 aromatic carbocycles. The molecule has 1 amide bonds. The molecule has 2 aromatic rings. The first kappa shape index (κ1) is 18.3. The van der Waals surface area contributed by atoms with Gasteiger partial charge in [0.1, 0.15) is 0 Å². The summed E-state index contributed by atoms with van der Waals surface area (Å²) in [5.74, 6) is -0.198. The summed E-state index contributed by atoms with van der Waals surface area (Å²) in [6, 6.07) is 12.6. The normalized spacial score (nSPS) is 11.8. The second kappa shape index (κ2) is 6.83. The Morgan fingerprint density at radius 2 is 1.71 bits per heavy atom. The molecule has 128 valence electrons. The smallest absolute Gasteiger partial charge is 0.262 e. The molecule has 0 aromatic heterocycles. The van der Waals surface area contributed by atoms with Gasteiger partial charge in [-0.15, -0.1) is 0 Å². The van der Waals surface area contributed by atoms with Crippen molar-refractivity contribution in [2.45, 2.75) is 25.7 Å². The summed E-state index contributed by atoms with van der Waals surface area (Å²) in [7, 11) is -3.82. The van der Waals surface area contributed by atoms with Gasteiger partial charge in [0.15, 0.2) is 0 Å². The zero-order valence-corrected chi connectivity index (χ0v) is 15.2. The Bertz CT molecular complexity index is 858. The molecule has 2 N–H and O–H groups in total. The van der Waals surface area contributed by atoms with Gasteiger partial charge in [-0.2, -0.15) is 0 Å². The van der Waals surface area contributed by atoms with Crippen LogP contribution in [0.25, 0.3) is 0 Å². The first-order valence-electron chi connectivity index (χ1n) is 7.28. The summed E-state index contributed by atoms with van der Waals surface area (Å²) in [4.78, 5) is 12.1. The minimum absolute atomic E-state index is 0.0362. The lowest BCUT2D eigenvalue weighted by Gasteiger charge is -2.18. The van der Waals surface area contributed by atoms with Gasteiger partial charge in [-0.3, -0.25) is 9.52 Å². The number of halogens is 1. The van der Waals surface area contributed by atoms with Crippen LogP contribution < -0.4 is 10.0 Å². The molecule has 0 radical (unpaired) electrons. The Balaban J connectivity index is 2.27. The van der Waals surface area contributed by atoms with Crippen LogP contribution in [0.1, 0.15) is 20.8 Å². The first-order chi connectivity index (χ1) is 11.1. The van der Waals surface area contributed by atoms with E-state index in [2.05, 4.69) is 10.0 Å². The van der Waals surface area contributed by atoms with Gasteiger partial charge < -0.3 is 5.32 Å². The van der Waals surface area contributed by atoms with Gasteiger partial charge in [0, 0.05) is 11.1 Å². The molecule has 0 unspecified atom stereocenters. The SMILES string of the molecule is CC(C)(C)C(=O)Nc1cccc(S(=O)(=O)Nc2ccccc2Cl)c1. The molecule has 0 atom stereocenters. The Hall–Kier alpha value is -2.05. The lowest BCUT2D eigenvalue weighted by Crippen LogP contribution is -2.27. The second-order valence-corrected chi connectivity index (χ2v) is 8.41. The number of sulfonamides is 1. The minimum Gasteiger partial charge on any atom is -0.326 e. The van der Waals surface area contributed by atoms with Crippen LogP contribution in [0, 0.1) is 5.41 Å². The van der Waals surface area contributed by atoms with Gasteiger partial charge in [0.2, 0.25) is 5.91 Å². The van der Waals surface area contributed by atoms with Crippen molar-refractivity contribution in [2.24, 2.45) is 5.41 Å². The number of rotatable bonds is 4. The van der Waals surface area contributed by atoms with Crippen molar-refractivity contribution in [1.29, 1.82) is 0 Å². The van der Waals surface area contributed by atoms with Gasteiger partial charge >= 0.3 is 0 Å². The fourth-order valence-corrected chi connectivity index (χ4v) is 3.17. The molecular formula is C17H19ClN2O3S. The average molecular weight is 367 g/mol. The standard InChI is InChI=1S/C17H19ClN2O3S/c1-17(2,3)16(21)19-12-7-6-8-13(11-12)24(22,23)20-15-10-5-4-9-14(15)18/h4-11,20H,1-3H3,(H,19,21). The second-order valence-electron chi connectivity index (χ2n) is 6.32. The zero-order valence-electron chi connectivity index (χ0n) is 13.6. The molecule has 7 heteroatoms. The van der Waals surface area contributed by atoms with Crippen molar-refractivity contribution in [3.63, 3.8) is 0 Å². The van der Waals surface area contributed by atoms with E-state index in [-0.39, 0.29) is 10.8 Å². The van der Waals surface area contributed by atoms with Crippen LogP contribution >= 0.6 is 11.6 Å². The summed E-state index contributed by atoms with van der Waals surface area (Å²) < 4.78 is 27.5. The summed E-state index contributed by atoms with van der Waals surface area (Å²) in [5.41, 5.74) is 0.130. The van der Waals surface area contributed by atoms with E-state index in [0.717, 1.165) is 0 Å². The minimum atomic E-state index is -3.82. The largest absolute Gasteiger partial charge is 0.326 e. The predicted octanol–water partition coefficient (Wildman–Crippen LogP) is 4.13. The van der Waals surface area contributed by atoms with Crippen molar-refractivity contribution in [3.05, 3.63) is 53.6 Å². The van der Waals surface area contributed by atoms with E-state index in [1.807, 2.05) is 0 Å². The maximum atomic E-state index is 12.5. The maximum Gasteiger partial charge on any atom is 0.262 e. The highest BCUT2D eigenvalue weighted by Gasteiger charge is 2.22. The Kier molecular flexibility index (Phi) is 5.20. The number of carbonyl (C=O) groups excluding carboxylic acids is 1. The highest BCUT2D eigenvalue weighted by atomic mass is 35.5.